The molecule has 3 nitrogen and oxygen atoms in total. The van der Waals surface area contributed by atoms with Crippen LogP contribution in [0.5, 0.6) is 11.5 Å². The number of rotatable bonds is 5. The van der Waals surface area contributed by atoms with Gasteiger partial charge in [0.25, 0.3) is 0 Å². The molecule has 0 aliphatic heterocycles. The first kappa shape index (κ1) is 17.6. The summed E-state index contributed by atoms with van der Waals surface area (Å²) in [5.74, 6) is 0.958. The minimum Gasteiger partial charge on any atom is -0.457 e. The van der Waals surface area contributed by atoms with Crippen LogP contribution in [0.25, 0.3) is 16.6 Å². The monoisotopic (exact) mass is 368 g/mol. The highest BCUT2D eigenvalue weighted by atomic mass is 19.1. The van der Waals surface area contributed by atoms with Crippen molar-refractivity contribution in [3.63, 3.8) is 0 Å². The van der Waals surface area contributed by atoms with Gasteiger partial charge in [0, 0.05) is 17.3 Å². The van der Waals surface area contributed by atoms with Gasteiger partial charge in [-0.1, -0.05) is 6.08 Å². The standard InChI is InChI=1S/C24H17FN2O/c1-2-3-18-16-27(24-13-4-17(15-26)14-23(18)24)20-7-11-22(12-8-20)28-21-9-5-19(25)6-10-21/h2,4-14,16H,1,3H2. The third-order valence-corrected chi connectivity index (χ3v) is 4.54. The van der Waals surface area contributed by atoms with Gasteiger partial charge in [0.15, 0.2) is 0 Å². The van der Waals surface area contributed by atoms with Crippen LogP contribution in [0.15, 0.2) is 85.6 Å². The van der Waals surface area contributed by atoms with Crippen LogP contribution in [0, 0.1) is 17.1 Å². The highest BCUT2D eigenvalue weighted by Gasteiger charge is 2.10. The van der Waals surface area contributed by atoms with Gasteiger partial charge in [-0.05, 0) is 78.7 Å². The van der Waals surface area contributed by atoms with Crippen LogP contribution in [-0.2, 0) is 6.42 Å². The SMILES string of the molecule is C=CCc1cn(-c2ccc(Oc3ccc(F)cc3)cc2)c2ccc(C#N)cc12. The van der Waals surface area contributed by atoms with Crippen molar-refractivity contribution in [2.75, 3.05) is 0 Å². The first-order valence-corrected chi connectivity index (χ1v) is 8.87. The van der Waals surface area contributed by atoms with Crippen molar-refractivity contribution in [2.45, 2.75) is 6.42 Å². The molecule has 136 valence electrons. The molecule has 0 spiro atoms. The number of hydrogen-bond donors (Lipinski definition) is 0. The normalized spacial score (nSPS) is 10.6. The van der Waals surface area contributed by atoms with Crippen LogP contribution in [0.4, 0.5) is 4.39 Å². The maximum Gasteiger partial charge on any atom is 0.127 e. The fourth-order valence-corrected chi connectivity index (χ4v) is 3.21. The van der Waals surface area contributed by atoms with E-state index in [1.165, 1.54) is 12.1 Å². The molecule has 1 heterocycles. The molecule has 4 heteroatoms. The molecule has 0 amide bonds. The van der Waals surface area contributed by atoms with E-state index in [0.717, 1.165) is 28.6 Å². The fourth-order valence-electron chi connectivity index (χ4n) is 3.21. The lowest BCUT2D eigenvalue weighted by atomic mass is 10.1. The number of aromatic nitrogens is 1. The van der Waals surface area contributed by atoms with Crippen LogP contribution >= 0.6 is 0 Å². The molecule has 0 radical (unpaired) electrons. The lowest BCUT2D eigenvalue weighted by Crippen LogP contribution is -1.92. The number of nitrogens with zero attached hydrogens (tertiary/aromatic N) is 2. The third kappa shape index (κ3) is 3.38. The second-order valence-electron chi connectivity index (χ2n) is 6.41. The van der Waals surface area contributed by atoms with Crippen molar-refractivity contribution in [3.05, 3.63) is 103 Å². The Bertz CT molecular complexity index is 1180. The van der Waals surface area contributed by atoms with Gasteiger partial charge in [0.2, 0.25) is 0 Å². The van der Waals surface area contributed by atoms with Crippen LogP contribution in [0.2, 0.25) is 0 Å². The summed E-state index contributed by atoms with van der Waals surface area (Å²) < 4.78 is 20.9. The Morgan fingerprint density at radius 3 is 2.32 bits per heavy atom. The number of nitriles is 1. The number of hydrogen-bond acceptors (Lipinski definition) is 2. The van der Waals surface area contributed by atoms with E-state index in [1.54, 1.807) is 12.1 Å². The predicted octanol–water partition coefficient (Wildman–Crippen LogP) is 6.16. The molecular weight excluding hydrogens is 351 g/mol. The Kier molecular flexibility index (Phi) is 4.65. The van der Waals surface area contributed by atoms with E-state index in [0.29, 0.717) is 17.1 Å². The fraction of sp³-hybridized carbons (Fsp3) is 0.0417. The molecule has 4 rings (SSSR count). The lowest BCUT2D eigenvalue weighted by Gasteiger charge is -2.09. The van der Waals surface area contributed by atoms with Crippen LogP contribution < -0.4 is 4.74 Å². The van der Waals surface area contributed by atoms with Gasteiger partial charge in [-0.15, -0.1) is 6.58 Å². The van der Waals surface area contributed by atoms with Crippen LogP contribution in [0.3, 0.4) is 0 Å². The largest absolute Gasteiger partial charge is 0.457 e. The summed E-state index contributed by atoms with van der Waals surface area (Å²) in [4.78, 5) is 0. The maximum atomic E-state index is 13.0. The highest BCUT2D eigenvalue weighted by molar-refractivity contribution is 5.87. The zero-order valence-electron chi connectivity index (χ0n) is 15.1. The van der Waals surface area contributed by atoms with Gasteiger partial charge in [0.1, 0.15) is 17.3 Å². The first-order chi connectivity index (χ1) is 13.7. The number of halogens is 1. The smallest absolute Gasteiger partial charge is 0.127 e. The molecule has 0 atom stereocenters. The lowest BCUT2D eigenvalue weighted by molar-refractivity contribution is 0.480. The molecule has 0 saturated carbocycles. The molecule has 1 aromatic heterocycles. The topological polar surface area (TPSA) is 38.0 Å². The molecule has 0 aliphatic rings. The zero-order valence-corrected chi connectivity index (χ0v) is 15.1. The average molecular weight is 368 g/mol. The molecule has 4 aromatic rings. The molecule has 0 N–H and O–H groups in total. The highest BCUT2D eigenvalue weighted by Crippen LogP contribution is 2.28. The van der Waals surface area contributed by atoms with Crippen molar-refractivity contribution in [2.24, 2.45) is 0 Å². The van der Waals surface area contributed by atoms with Gasteiger partial charge in [-0.25, -0.2) is 4.39 Å². The summed E-state index contributed by atoms with van der Waals surface area (Å²) in [7, 11) is 0. The second kappa shape index (κ2) is 7.42. The van der Waals surface area contributed by atoms with Gasteiger partial charge < -0.3 is 9.30 Å². The van der Waals surface area contributed by atoms with E-state index in [4.69, 9.17) is 4.74 Å². The maximum absolute atomic E-state index is 13.0. The summed E-state index contributed by atoms with van der Waals surface area (Å²) in [6.07, 6.45) is 4.66. The number of benzene rings is 3. The van der Waals surface area contributed by atoms with E-state index in [2.05, 4.69) is 23.4 Å². The van der Waals surface area contributed by atoms with E-state index >= 15 is 0 Å². The van der Waals surface area contributed by atoms with Gasteiger partial charge in [0.05, 0.1) is 17.1 Å². The van der Waals surface area contributed by atoms with Crippen molar-refractivity contribution >= 4 is 10.9 Å². The summed E-state index contributed by atoms with van der Waals surface area (Å²) >= 11 is 0. The molecule has 28 heavy (non-hydrogen) atoms. The summed E-state index contributed by atoms with van der Waals surface area (Å²) in [6.45, 7) is 3.83. The molecule has 0 saturated heterocycles. The molecule has 0 unspecified atom stereocenters. The van der Waals surface area contributed by atoms with Crippen LogP contribution in [-0.4, -0.2) is 4.57 Å². The zero-order chi connectivity index (χ0) is 19.5. The Hall–Kier alpha value is -3.84. The quantitative estimate of drug-likeness (QED) is 0.396. The Balaban J connectivity index is 1.69. The molecule has 0 fully saturated rings. The van der Waals surface area contributed by atoms with Gasteiger partial charge >= 0.3 is 0 Å². The van der Waals surface area contributed by atoms with E-state index < -0.39 is 0 Å². The Labute approximate surface area is 162 Å². The van der Waals surface area contributed by atoms with Crippen molar-refractivity contribution in [3.8, 4) is 23.3 Å². The predicted molar refractivity (Wildman–Crippen MR) is 108 cm³/mol. The van der Waals surface area contributed by atoms with Crippen molar-refractivity contribution < 1.29 is 9.13 Å². The van der Waals surface area contributed by atoms with Crippen molar-refractivity contribution in [1.82, 2.24) is 4.57 Å². The summed E-state index contributed by atoms with van der Waals surface area (Å²) in [5.41, 5.74) is 3.77. The Morgan fingerprint density at radius 2 is 1.68 bits per heavy atom. The Morgan fingerprint density at radius 1 is 1.00 bits per heavy atom. The molecule has 0 bridgehead atoms. The van der Waals surface area contributed by atoms with Gasteiger partial charge in [-0.3, -0.25) is 0 Å². The number of fused-ring (bicyclic) bond motifs is 1. The molecule has 0 aliphatic carbocycles. The molecular formula is C24H17FN2O. The minimum atomic E-state index is -0.294. The number of allylic oxidation sites excluding steroid dienone is 1. The van der Waals surface area contributed by atoms with Crippen molar-refractivity contribution in [1.29, 1.82) is 5.26 Å². The van der Waals surface area contributed by atoms with E-state index in [-0.39, 0.29) is 5.82 Å². The van der Waals surface area contributed by atoms with Crippen LogP contribution in [0.1, 0.15) is 11.1 Å². The number of ether oxygens (including phenoxy) is 1. The summed E-state index contributed by atoms with van der Waals surface area (Å²) in [6, 6.07) is 21.5. The third-order valence-electron chi connectivity index (χ3n) is 4.54. The second-order valence-corrected chi connectivity index (χ2v) is 6.41. The van der Waals surface area contributed by atoms with E-state index in [1.807, 2.05) is 48.5 Å². The average Bonchev–Trinajstić information content (AvgIpc) is 3.08. The van der Waals surface area contributed by atoms with E-state index in [9.17, 15) is 9.65 Å². The minimum absolute atomic E-state index is 0.294. The summed E-state index contributed by atoms with van der Waals surface area (Å²) in [5, 5.41) is 10.2. The molecule has 3 aromatic carbocycles. The first-order valence-electron chi connectivity index (χ1n) is 8.87. The van der Waals surface area contributed by atoms with Gasteiger partial charge in [-0.2, -0.15) is 5.26 Å².